The van der Waals surface area contributed by atoms with Crippen molar-refractivity contribution in [1.82, 2.24) is 0 Å². The van der Waals surface area contributed by atoms with E-state index in [0.717, 1.165) is 50.4 Å². The van der Waals surface area contributed by atoms with Crippen molar-refractivity contribution >= 4 is 5.78 Å². The average Bonchev–Trinajstić information content (AvgIpc) is 2.80. The Morgan fingerprint density at radius 2 is 1.83 bits per heavy atom. The molecule has 1 N–H and O–H groups in total. The van der Waals surface area contributed by atoms with Gasteiger partial charge in [-0.2, -0.15) is 0 Å². The van der Waals surface area contributed by atoms with E-state index in [-0.39, 0.29) is 10.8 Å². The van der Waals surface area contributed by atoms with Crippen molar-refractivity contribution in [2.45, 2.75) is 90.6 Å². The Hall–Kier alpha value is -0.630. The maximum absolute atomic E-state index is 11.9. The maximum Gasteiger partial charge on any atom is 0.155 e. The van der Waals surface area contributed by atoms with Crippen LogP contribution in [0.4, 0.5) is 0 Å². The van der Waals surface area contributed by atoms with Gasteiger partial charge in [-0.1, -0.05) is 32.8 Å². The van der Waals surface area contributed by atoms with Gasteiger partial charge in [0.1, 0.15) is 0 Å². The minimum Gasteiger partial charge on any atom is -0.389 e. The third kappa shape index (κ3) is 2.08. The first kappa shape index (κ1) is 16.8. The van der Waals surface area contributed by atoms with Crippen molar-refractivity contribution in [2.24, 2.45) is 28.6 Å². The fourth-order valence-electron chi connectivity index (χ4n) is 7.49. The van der Waals surface area contributed by atoms with Crippen LogP contribution >= 0.6 is 0 Å². The van der Waals surface area contributed by atoms with E-state index in [0.29, 0.717) is 11.7 Å². The quantitative estimate of drug-likeness (QED) is 0.769. The summed E-state index contributed by atoms with van der Waals surface area (Å²) in [5.41, 5.74) is 1.39. The van der Waals surface area contributed by atoms with Gasteiger partial charge in [0.05, 0.1) is 5.60 Å². The van der Waals surface area contributed by atoms with Crippen LogP contribution in [-0.2, 0) is 4.79 Å². The van der Waals surface area contributed by atoms with Crippen molar-refractivity contribution < 1.29 is 9.90 Å². The van der Waals surface area contributed by atoms with E-state index in [1.807, 2.05) is 6.08 Å². The van der Waals surface area contributed by atoms with E-state index in [1.165, 1.54) is 31.3 Å². The molecule has 3 fully saturated rings. The topological polar surface area (TPSA) is 37.3 Å². The molecule has 0 unspecified atom stereocenters. The molecule has 24 heavy (non-hydrogen) atoms. The molecular formula is C22H34O2. The summed E-state index contributed by atoms with van der Waals surface area (Å²) in [6.45, 7) is 7.05. The van der Waals surface area contributed by atoms with Crippen LogP contribution in [0, 0.1) is 28.6 Å². The highest BCUT2D eigenvalue weighted by Crippen LogP contribution is 2.68. The van der Waals surface area contributed by atoms with Gasteiger partial charge in [0.15, 0.2) is 5.78 Å². The molecule has 2 heteroatoms. The molecule has 0 spiro atoms. The fourth-order valence-corrected chi connectivity index (χ4v) is 7.49. The number of carbonyl (C=O) groups is 1. The Kier molecular flexibility index (Phi) is 3.81. The molecule has 2 nitrogen and oxygen atoms in total. The highest BCUT2D eigenvalue weighted by atomic mass is 16.3. The van der Waals surface area contributed by atoms with Gasteiger partial charge in [-0.05, 0) is 86.0 Å². The average molecular weight is 331 g/mol. The van der Waals surface area contributed by atoms with Crippen LogP contribution in [0.1, 0.15) is 85.0 Å². The predicted octanol–water partition coefficient (Wildman–Crippen LogP) is 5.05. The molecule has 0 saturated heterocycles. The molecule has 4 aliphatic rings. The molecular weight excluding hydrogens is 296 g/mol. The molecule has 0 aromatic heterocycles. The van der Waals surface area contributed by atoms with Crippen LogP contribution in [0.2, 0.25) is 0 Å². The number of rotatable bonds is 2. The maximum atomic E-state index is 11.9. The minimum atomic E-state index is -0.434. The van der Waals surface area contributed by atoms with Crippen molar-refractivity contribution in [3.8, 4) is 0 Å². The second kappa shape index (κ2) is 5.43. The molecule has 4 aliphatic carbocycles. The van der Waals surface area contributed by atoms with Crippen molar-refractivity contribution in [3.63, 3.8) is 0 Å². The van der Waals surface area contributed by atoms with Crippen LogP contribution in [-0.4, -0.2) is 16.5 Å². The Balaban J connectivity index is 1.66. The molecule has 0 aliphatic heterocycles. The second-order valence-electron chi connectivity index (χ2n) is 9.75. The number of hydrogen-bond acceptors (Lipinski definition) is 2. The highest BCUT2D eigenvalue weighted by Gasteiger charge is 2.63. The zero-order valence-corrected chi connectivity index (χ0v) is 15.7. The van der Waals surface area contributed by atoms with E-state index in [1.54, 1.807) is 0 Å². The standard InChI is InChI=1S/C22H34O2/c1-4-10-22(24)13-9-19-17-6-5-15-14-16(23)7-11-20(15,2)18(17)8-12-21(19,22)3/h14,17-19,24H,4-13H2,1-3H3/t17-,18+,19+,20+,21+,22-/m0/s1. The fraction of sp³-hybridized carbons (Fsp3) is 0.864. The molecule has 0 heterocycles. The largest absolute Gasteiger partial charge is 0.389 e. The Morgan fingerprint density at radius 1 is 1.08 bits per heavy atom. The van der Waals surface area contributed by atoms with E-state index in [2.05, 4.69) is 20.8 Å². The van der Waals surface area contributed by atoms with Gasteiger partial charge in [-0.3, -0.25) is 4.79 Å². The molecule has 134 valence electrons. The summed E-state index contributed by atoms with van der Waals surface area (Å²) in [6, 6.07) is 0. The smallest absolute Gasteiger partial charge is 0.155 e. The zero-order valence-electron chi connectivity index (χ0n) is 15.7. The first-order valence-electron chi connectivity index (χ1n) is 10.3. The molecule has 6 atom stereocenters. The van der Waals surface area contributed by atoms with Crippen LogP contribution in [0.25, 0.3) is 0 Å². The number of aliphatic hydroxyl groups is 1. The molecule has 3 saturated carbocycles. The second-order valence-corrected chi connectivity index (χ2v) is 9.75. The minimum absolute atomic E-state index is 0.117. The van der Waals surface area contributed by atoms with Gasteiger partial charge in [-0.15, -0.1) is 0 Å². The van der Waals surface area contributed by atoms with Crippen LogP contribution in [0.5, 0.6) is 0 Å². The van der Waals surface area contributed by atoms with Crippen molar-refractivity contribution in [3.05, 3.63) is 11.6 Å². The van der Waals surface area contributed by atoms with E-state index >= 15 is 0 Å². The molecule has 0 radical (unpaired) electrons. The Labute approximate surface area is 147 Å². The molecule has 0 aromatic rings. The summed E-state index contributed by atoms with van der Waals surface area (Å²) < 4.78 is 0. The van der Waals surface area contributed by atoms with Crippen molar-refractivity contribution in [1.29, 1.82) is 0 Å². The summed E-state index contributed by atoms with van der Waals surface area (Å²) in [6.07, 6.45) is 12.8. The molecule has 4 rings (SSSR count). The lowest BCUT2D eigenvalue weighted by Gasteiger charge is -2.59. The summed E-state index contributed by atoms with van der Waals surface area (Å²) in [5, 5.41) is 11.4. The number of ketones is 1. The first-order chi connectivity index (χ1) is 11.3. The number of allylic oxidation sites excluding steroid dienone is 1. The van der Waals surface area contributed by atoms with Crippen LogP contribution < -0.4 is 0 Å². The third-order valence-corrected chi connectivity index (χ3v) is 8.95. The van der Waals surface area contributed by atoms with Crippen LogP contribution in [0.15, 0.2) is 11.6 Å². The predicted molar refractivity (Wildman–Crippen MR) is 96.6 cm³/mol. The normalized spacial score (nSPS) is 50.8. The van der Waals surface area contributed by atoms with E-state index in [9.17, 15) is 9.90 Å². The number of fused-ring (bicyclic) bond motifs is 5. The van der Waals surface area contributed by atoms with E-state index < -0.39 is 5.60 Å². The van der Waals surface area contributed by atoms with E-state index in [4.69, 9.17) is 0 Å². The van der Waals surface area contributed by atoms with Gasteiger partial charge in [0, 0.05) is 6.42 Å². The first-order valence-corrected chi connectivity index (χ1v) is 10.3. The number of hydrogen-bond donors (Lipinski definition) is 1. The summed E-state index contributed by atoms with van der Waals surface area (Å²) >= 11 is 0. The monoisotopic (exact) mass is 330 g/mol. The summed E-state index contributed by atoms with van der Waals surface area (Å²) in [7, 11) is 0. The lowest BCUT2D eigenvalue weighted by molar-refractivity contribution is -0.132. The third-order valence-electron chi connectivity index (χ3n) is 8.95. The lowest BCUT2D eigenvalue weighted by atomic mass is 9.46. The van der Waals surface area contributed by atoms with Gasteiger partial charge < -0.3 is 5.11 Å². The molecule has 0 bridgehead atoms. The zero-order chi connectivity index (χ0) is 17.2. The van der Waals surface area contributed by atoms with Crippen molar-refractivity contribution in [2.75, 3.05) is 0 Å². The van der Waals surface area contributed by atoms with Gasteiger partial charge in [0.2, 0.25) is 0 Å². The summed E-state index contributed by atoms with van der Waals surface area (Å²) in [4.78, 5) is 11.9. The molecule has 0 aromatic carbocycles. The summed E-state index contributed by atoms with van der Waals surface area (Å²) in [5.74, 6) is 2.51. The Morgan fingerprint density at radius 3 is 2.58 bits per heavy atom. The SMILES string of the molecule is CCC[C@]1(O)CC[C@@H]2[C@H]3CCC4=CC(=O)CC[C@@]4(C)[C@@H]3CC[C@]21C. The number of carbonyl (C=O) groups excluding carboxylic acids is 1. The highest BCUT2D eigenvalue weighted by molar-refractivity contribution is 5.91. The van der Waals surface area contributed by atoms with Crippen LogP contribution in [0.3, 0.4) is 0 Å². The lowest BCUT2D eigenvalue weighted by Crippen LogP contribution is -2.54. The molecule has 0 amide bonds. The van der Waals surface area contributed by atoms with Gasteiger partial charge in [0.25, 0.3) is 0 Å². The van der Waals surface area contributed by atoms with Gasteiger partial charge >= 0.3 is 0 Å². The van der Waals surface area contributed by atoms with Gasteiger partial charge in [-0.25, -0.2) is 0 Å². The Bertz CT molecular complexity index is 579.